The van der Waals surface area contributed by atoms with E-state index >= 15 is 0 Å². The van der Waals surface area contributed by atoms with Crippen LogP contribution in [0.25, 0.3) is 0 Å². The highest BCUT2D eigenvalue weighted by Gasteiger charge is 2.46. The van der Waals surface area contributed by atoms with Gasteiger partial charge in [0.1, 0.15) is 11.6 Å². The molecular formula is C21H24ClFN2O2. The van der Waals surface area contributed by atoms with Crippen LogP contribution in [-0.2, 0) is 0 Å². The molecule has 0 aliphatic carbocycles. The van der Waals surface area contributed by atoms with Crippen molar-refractivity contribution in [2.45, 2.75) is 13.0 Å². The number of fused-ring (bicyclic) bond motifs is 1. The van der Waals surface area contributed by atoms with Gasteiger partial charge in [0.15, 0.2) is 0 Å². The van der Waals surface area contributed by atoms with Crippen LogP contribution >= 0.6 is 12.4 Å². The standard InChI is InChI=1S/C21H23FN2O2.ClH/c1-2-26-18-8-4-6-15(10-18)21(25)24-13-16-11-23-12-19(16)20(24)14-5-3-7-17(22)9-14;/h3-10,16,19-20,23H,2,11-13H2,1H3;1H/t16-,19-,20+;/m0./s1. The zero-order valence-electron chi connectivity index (χ0n) is 15.2. The number of hydrogen-bond donors (Lipinski definition) is 1. The van der Waals surface area contributed by atoms with Gasteiger partial charge in [0, 0.05) is 31.1 Å². The van der Waals surface area contributed by atoms with Crippen molar-refractivity contribution in [2.24, 2.45) is 11.8 Å². The molecule has 2 aliphatic rings. The van der Waals surface area contributed by atoms with Crippen LogP contribution in [0.3, 0.4) is 0 Å². The van der Waals surface area contributed by atoms with E-state index in [-0.39, 0.29) is 30.2 Å². The SMILES string of the molecule is CCOc1cccc(C(=O)N2C[C@@H]3CNC[C@@H]3[C@H]2c2cccc(F)c2)c1.Cl. The normalized spacial score (nSPS) is 23.6. The van der Waals surface area contributed by atoms with Crippen molar-refractivity contribution >= 4 is 18.3 Å². The highest BCUT2D eigenvalue weighted by Crippen LogP contribution is 2.43. The minimum absolute atomic E-state index is 0. The Kier molecular flexibility index (Phi) is 6.02. The fraction of sp³-hybridized carbons (Fsp3) is 0.381. The Morgan fingerprint density at radius 3 is 2.81 bits per heavy atom. The Labute approximate surface area is 165 Å². The Bertz CT molecular complexity index is 816. The van der Waals surface area contributed by atoms with Crippen LogP contribution in [-0.4, -0.2) is 37.0 Å². The number of likely N-dealkylation sites (tertiary alicyclic amines) is 1. The lowest BCUT2D eigenvalue weighted by Crippen LogP contribution is -2.34. The van der Waals surface area contributed by atoms with Gasteiger partial charge in [-0.3, -0.25) is 4.79 Å². The fourth-order valence-electron chi connectivity index (χ4n) is 4.30. The summed E-state index contributed by atoms with van der Waals surface area (Å²) >= 11 is 0. The van der Waals surface area contributed by atoms with Crippen LogP contribution in [0, 0.1) is 17.7 Å². The Morgan fingerprint density at radius 1 is 1.22 bits per heavy atom. The number of benzene rings is 2. The third-order valence-electron chi connectivity index (χ3n) is 5.41. The second-order valence-electron chi connectivity index (χ2n) is 7.00. The van der Waals surface area contributed by atoms with Crippen molar-refractivity contribution in [3.05, 3.63) is 65.5 Å². The fourth-order valence-corrected chi connectivity index (χ4v) is 4.30. The van der Waals surface area contributed by atoms with E-state index in [1.165, 1.54) is 6.07 Å². The summed E-state index contributed by atoms with van der Waals surface area (Å²) in [5.74, 6) is 1.14. The number of halogens is 2. The van der Waals surface area contributed by atoms with E-state index in [2.05, 4.69) is 5.32 Å². The lowest BCUT2D eigenvalue weighted by molar-refractivity contribution is 0.0713. The predicted octanol–water partition coefficient (Wildman–Crippen LogP) is 3.68. The smallest absolute Gasteiger partial charge is 0.254 e. The number of nitrogens with zero attached hydrogens (tertiary/aromatic N) is 1. The van der Waals surface area contributed by atoms with Crippen LogP contribution in [0.15, 0.2) is 48.5 Å². The Morgan fingerprint density at radius 2 is 2.04 bits per heavy atom. The van der Waals surface area contributed by atoms with Crippen molar-refractivity contribution in [3.8, 4) is 5.75 Å². The molecule has 2 aromatic carbocycles. The van der Waals surface area contributed by atoms with Crippen molar-refractivity contribution < 1.29 is 13.9 Å². The molecule has 0 bridgehead atoms. The average Bonchev–Trinajstić information content (AvgIpc) is 3.22. The van der Waals surface area contributed by atoms with Crippen LogP contribution < -0.4 is 10.1 Å². The van der Waals surface area contributed by atoms with Crippen LogP contribution in [0.4, 0.5) is 4.39 Å². The molecule has 4 nitrogen and oxygen atoms in total. The molecule has 0 aromatic heterocycles. The van der Waals surface area contributed by atoms with Gasteiger partial charge >= 0.3 is 0 Å². The van der Waals surface area contributed by atoms with Crippen molar-refractivity contribution in [1.82, 2.24) is 10.2 Å². The van der Waals surface area contributed by atoms with Crippen LogP contribution in [0.5, 0.6) is 5.75 Å². The lowest BCUT2D eigenvalue weighted by Gasteiger charge is -2.28. The molecule has 0 saturated carbocycles. The zero-order valence-corrected chi connectivity index (χ0v) is 16.0. The molecule has 2 aliphatic heterocycles. The minimum atomic E-state index is -0.261. The van der Waals surface area contributed by atoms with E-state index in [9.17, 15) is 9.18 Å². The number of hydrogen-bond acceptors (Lipinski definition) is 3. The van der Waals surface area contributed by atoms with E-state index in [4.69, 9.17) is 4.74 Å². The van der Waals surface area contributed by atoms with E-state index in [0.29, 0.717) is 36.3 Å². The summed E-state index contributed by atoms with van der Waals surface area (Å²) in [6.45, 7) is 4.93. The van der Waals surface area contributed by atoms with Crippen molar-refractivity contribution in [2.75, 3.05) is 26.2 Å². The van der Waals surface area contributed by atoms with Gasteiger partial charge in [0.2, 0.25) is 0 Å². The first-order valence-electron chi connectivity index (χ1n) is 9.17. The maximum Gasteiger partial charge on any atom is 0.254 e. The lowest BCUT2D eigenvalue weighted by atomic mass is 9.89. The maximum atomic E-state index is 13.8. The van der Waals surface area contributed by atoms with Gasteiger partial charge in [0.25, 0.3) is 5.91 Å². The quantitative estimate of drug-likeness (QED) is 0.865. The number of nitrogens with one attached hydrogen (secondary N) is 1. The summed E-state index contributed by atoms with van der Waals surface area (Å²) in [7, 11) is 0. The summed E-state index contributed by atoms with van der Waals surface area (Å²) in [4.78, 5) is 15.2. The van der Waals surface area contributed by atoms with Gasteiger partial charge < -0.3 is 15.0 Å². The summed E-state index contributed by atoms with van der Waals surface area (Å²) in [6.07, 6.45) is 0. The van der Waals surface area contributed by atoms with Gasteiger partial charge in [-0.2, -0.15) is 0 Å². The van der Waals surface area contributed by atoms with Crippen LogP contribution in [0.1, 0.15) is 28.9 Å². The highest BCUT2D eigenvalue weighted by molar-refractivity contribution is 5.95. The molecule has 2 aromatic rings. The minimum Gasteiger partial charge on any atom is -0.494 e. The van der Waals surface area contributed by atoms with E-state index in [1.54, 1.807) is 18.2 Å². The predicted molar refractivity (Wildman–Crippen MR) is 105 cm³/mol. The molecule has 2 saturated heterocycles. The second kappa shape index (κ2) is 8.28. The van der Waals surface area contributed by atoms with E-state index in [0.717, 1.165) is 18.7 Å². The third kappa shape index (κ3) is 3.80. The van der Waals surface area contributed by atoms with Gasteiger partial charge in [-0.25, -0.2) is 4.39 Å². The maximum absolute atomic E-state index is 13.8. The van der Waals surface area contributed by atoms with Gasteiger partial charge in [0.05, 0.1) is 12.6 Å². The molecule has 2 heterocycles. The summed E-state index contributed by atoms with van der Waals surface area (Å²) in [5, 5.41) is 3.41. The monoisotopic (exact) mass is 390 g/mol. The first kappa shape index (κ1) is 19.6. The van der Waals surface area contributed by atoms with E-state index in [1.807, 2.05) is 36.1 Å². The number of rotatable bonds is 4. The first-order chi connectivity index (χ1) is 12.7. The molecule has 0 spiro atoms. The average molecular weight is 391 g/mol. The summed E-state index contributed by atoms with van der Waals surface area (Å²) < 4.78 is 19.3. The molecule has 2 fully saturated rings. The molecule has 1 N–H and O–H groups in total. The highest BCUT2D eigenvalue weighted by atomic mass is 35.5. The topological polar surface area (TPSA) is 41.6 Å². The Balaban J connectivity index is 0.00000210. The van der Waals surface area contributed by atoms with Crippen LogP contribution in [0.2, 0.25) is 0 Å². The molecule has 3 atom stereocenters. The Hall–Kier alpha value is -2.11. The molecule has 6 heteroatoms. The third-order valence-corrected chi connectivity index (χ3v) is 5.41. The molecule has 144 valence electrons. The molecule has 1 amide bonds. The van der Waals surface area contributed by atoms with Gasteiger partial charge in [-0.1, -0.05) is 18.2 Å². The number of carbonyl (C=O) groups excluding carboxylic acids is 1. The largest absolute Gasteiger partial charge is 0.494 e. The first-order valence-corrected chi connectivity index (χ1v) is 9.17. The molecule has 0 radical (unpaired) electrons. The molecule has 0 unspecified atom stereocenters. The van der Waals surface area contributed by atoms with E-state index < -0.39 is 0 Å². The molecule has 27 heavy (non-hydrogen) atoms. The zero-order chi connectivity index (χ0) is 18.1. The number of amides is 1. The second-order valence-corrected chi connectivity index (χ2v) is 7.00. The number of ether oxygens (including phenoxy) is 1. The number of carbonyl (C=O) groups is 1. The van der Waals surface area contributed by atoms with Crippen molar-refractivity contribution in [3.63, 3.8) is 0 Å². The summed E-state index contributed by atoms with van der Waals surface area (Å²) in [5.41, 5.74) is 1.49. The van der Waals surface area contributed by atoms with Gasteiger partial charge in [-0.05, 0) is 48.7 Å². The molecule has 4 rings (SSSR count). The summed E-state index contributed by atoms with van der Waals surface area (Å²) in [6, 6.07) is 13.8. The van der Waals surface area contributed by atoms with Crippen molar-refractivity contribution in [1.29, 1.82) is 0 Å². The molecular weight excluding hydrogens is 367 g/mol. The van der Waals surface area contributed by atoms with Gasteiger partial charge in [-0.15, -0.1) is 12.4 Å².